The van der Waals surface area contributed by atoms with Crippen LogP contribution in [0.5, 0.6) is 0 Å². The van der Waals surface area contributed by atoms with Crippen LogP contribution in [-0.4, -0.2) is 28.4 Å². The monoisotopic (exact) mass is 190 g/mol. The molecule has 0 N–H and O–H groups in total. The Morgan fingerprint density at radius 2 is 2.18 bits per heavy atom. The predicted octanol–water partition coefficient (Wildman–Crippen LogP) is 1.31. The number of thioether (sulfide) groups is 1. The minimum Gasteiger partial charge on any atom is -0.270 e. The Morgan fingerprint density at radius 3 is 2.64 bits per heavy atom. The number of hydrogen-bond donors (Lipinski definition) is 0. The molecule has 0 radical (unpaired) electrons. The van der Waals surface area contributed by atoms with Crippen molar-refractivity contribution in [3.63, 3.8) is 0 Å². The molecule has 60 valence electrons. The number of carbonyl (C=O) groups excluding carboxylic acids is 1. The van der Waals surface area contributed by atoms with E-state index in [0.29, 0.717) is 10.9 Å². The summed E-state index contributed by atoms with van der Waals surface area (Å²) in [6.07, 6.45) is 1.82. The van der Waals surface area contributed by atoms with Crippen LogP contribution in [0.3, 0.4) is 0 Å². The van der Waals surface area contributed by atoms with Crippen LogP contribution < -0.4 is 0 Å². The second-order valence-electron chi connectivity index (χ2n) is 2.05. The molecule has 0 saturated heterocycles. The number of amides is 1. The summed E-state index contributed by atoms with van der Waals surface area (Å²) in [6.45, 7) is 1.72. The number of nitrogens with zero attached hydrogens (tertiary/aromatic N) is 2. The van der Waals surface area contributed by atoms with E-state index < -0.39 is 5.38 Å². The fourth-order valence-corrected chi connectivity index (χ4v) is 1.17. The highest BCUT2D eigenvalue weighted by molar-refractivity contribution is 8.13. The van der Waals surface area contributed by atoms with Crippen molar-refractivity contribution in [1.29, 1.82) is 0 Å². The van der Waals surface area contributed by atoms with Crippen LogP contribution in [-0.2, 0) is 4.79 Å². The summed E-state index contributed by atoms with van der Waals surface area (Å²) in [7, 11) is 0. The first-order valence-electron chi connectivity index (χ1n) is 3.01. The lowest BCUT2D eigenvalue weighted by atomic mass is 10.2. The number of hydrogen-bond acceptors (Lipinski definition) is 3. The zero-order valence-electron chi connectivity index (χ0n) is 6.17. The van der Waals surface area contributed by atoms with E-state index in [1.807, 2.05) is 6.26 Å². The minimum atomic E-state index is -0.661. The minimum absolute atomic E-state index is 0.316. The third-order valence-electron chi connectivity index (χ3n) is 1.24. The lowest BCUT2D eigenvalue weighted by molar-refractivity contribution is -0.116. The first-order chi connectivity index (χ1) is 5.15. The molecule has 1 unspecified atom stereocenters. The first kappa shape index (κ1) is 8.74. The Bertz CT molecular complexity index is 249. The molecule has 0 fully saturated rings. The molecular formula is C6H7ClN2OS. The molecule has 0 spiro atoms. The summed E-state index contributed by atoms with van der Waals surface area (Å²) in [5.41, 5.74) is 0.621. The molecule has 1 rings (SSSR count). The highest BCUT2D eigenvalue weighted by atomic mass is 35.5. The van der Waals surface area contributed by atoms with Gasteiger partial charge in [0, 0.05) is 5.71 Å². The molecule has 1 atom stereocenters. The molecule has 1 amide bonds. The van der Waals surface area contributed by atoms with E-state index in [9.17, 15) is 4.79 Å². The molecule has 0 aromatic heterocycles. The molecular weight excluding hydrogens is 184 g/mol. The van der Waals surface area contributed by atoms with Gasteiger partial charge in [0.25, 0.3) is 5.91 Å². The number of rotatable bonds is 0. The second-order valence-corrected chi connectivity index (χ2v) is 3.26. The highest BCUT2D eigenvalue weighted by Crippen LogP contribution is 2.12. The quantitative estimate of drug-likeness (QED) is 0.541. The second kappa shape index (κ2) is 3.36. The predicted molar refractivity (Wildman–Crippen MR) is 48.7 cm³/mol. The summed E-state index contributed by atoms with van der Waals surface area (Å²) in [5.74, 6) is -0.316. The summed E-state index contributed by atoms with van der Waals surface area (Å²) < 4.78 is 0. The molecule has 1 heterocycles. The van der Waals surface area contributed by atoms with E-state index in [1.165, 1.54) is 11.8 Å². The molecule has 0 aliphatic carbocycles. The van der Waals surface area contributed by atoms with Crippen molar-refractivity contribution in [2.45, 2.75) is 12.3 Å². The van der Waals surface area contributed by atoms with Crippen LogP contribution in [0.2, 0.25) is 0 Å². The third kappa shape index (κ3) is 1.81. The SMILES string of the molecule is CSC1=NC(=O)C(Cl)C(C)=N1. The number of carbonyl (C=O) groups is 1. The summed E-state index contributed by atoms with van der Waals surface area (Å²) in [5, 5.41) is -0.171. The van der Waals surface area contributed by atoms with E-state index >= 15 is 0 Å². The third-order valence-corrected chi connectivity index (χ3v) is 2.29. The van der Waals surface area contributed by atoms with Crippen molar-refractivity contribution in [2.24, 2.45) is 9.98 Å². The van der Waals surface area contributed by atoms with Gasteiger partial charge in [-0.25, -0.2) is 4.99 Å². The molecule has 1 aliphatic rings. The van der Waals surface area contributed by atoms with Crippen molar-refractivity contribution in [1.82, 2.24) is 0 Å². The maximum atomic E-state index is 11.0. The van der Waals surface area contributed by atoms with Crippen LogP contribution in [0.1, 0.15) is 6.92 Å². The Hall–Kier alpha value is -0.350. The standard InChI is InChI=1S/C6H7ClN2OS/c1-3-4(7)5(10)9-6(8-3)11-2/h4H,1-2H3. The van der Waals surface area contributed by atoms with Gasteiger partial charge >= 0.3 is 0 Å². The average molecular weight is 191 g/mol. The van der Waals surface area contributed by atoms with E-state index in [2.05, 4.69) is 9.98 Å². The molecule has 0 aromatic rings. The van der Waals surface area contributed by atoms with Crippen LogP contribution >= 0.6 is 23.4 Å². The zero-order valence-corrected chi connectivity index (χ0v) is 7.74. The molecule has 1 aliphatic heterocycles. The maximum absolute atomic E-state index is 11.0. The topological polar surface area (TPSA) is 41.8 Å². The average Bonchev–Trinajstić information content (AvgIpc) is 1.99. The largest absolute Gasteiger partial charge is 0.271 e. The van der Waals surface area contributed by atoms with E-state index in [4.69, 9.17) is 11.6 Å². The van der Waals surface area contributed by atoms with Gasteiger partial charge in [-0.15, -0.1) is 11.6 Å². The number of aliphatic imine (C=N–C) groups is 2. The van der Waals surface area contributed by atoms with Crippen molar-refractivity contribution >= 4 is 40.1 Å². The highest BCUT2D eigenvalue weighted by Gasteiger charge is 2.22. The lowest BCUT2D eigenvalue weighted by Crippen LogP contribution is -2.26. The smallest absolute Gasteiger partial charge is 0.270 e. The zero-order chi connectivity index (χ0) is 8.43. The Morgan fingerprint density at radius 1 is 1.55 bits per heavy atom. The van der Waals surface area contributed by atoms with Crippen molar-refractivity contribution in [3.05, 3.63) is 0 Å². The van der Waals surface area contributed by atoms with Gasteiger partial charge < -0.3 is 0 Å². The number of alkyl halides is 1. The van der Waals surface area contributed by atoms with Crippen LogP contribution in [0, 0.1) is 0 Å². The van der Waals surface area contributed by atoms with E-state index in [-0.39, 0.29) is 5.91 Å². The van der Waals surface area contributed by atoms with Crippen molar-refractivity contribution in [3.8, 4) is 0 Å². The van der Waals surface area contributed by atoms with Gasteiger partial charge in [-0.2, -0.15) is 4.99 Å². The maximum Gasteiger partial charge on any atom is 0.271 e. The van der Waals surface area contributed by atoms with Crippen LogP contribution in [0.25, 0.3) is 0 Å². The van der Waals surface area contributed by atoms with Crippen LogP contribution in [0.15, 0.2) is 9.98 Å². The van der Waals surface area contributed by atoms with Crippen molar-refractivity contribution < 1.29 is 4.79 Å². The molecule has 0 saturated carbocycles. The molecule has 3 nitrogen and oxygen atoms in total. The van der Waals surface area contributed by atoms with Crippen LogP contribution in [0.4, 0.5) is 0 Å². The molecule has 11 heavy (non-hydrogen) atoms. The molecule has 0 bridgehead atoms. The normalized spacial score (nSPS) is 24.6. The van der Waals surface area contributed by atoms with Gasteiger partial charge in [0.05, 0.1) is 0 Å². The summed E-state index contributed by atoms with van der Waals surface area (Å²) in [4.78, 5) is 18.6. The lowest BCUT2D eigenvalue weighted by Gasteiger charge is -2.10. The van der Waals surface area contributed by atoms with Gasteiger partial charge in [-0.3, -0.25) is 4.79 Å². The number of halogens is 1. The fraction of sp³-hybridized carbons (Fsp3) is 0.500. The van der Waals surface area contributed by atoms with Crippen molar-refractivity contribution in [2.75, 3.05) is 6.26 Å². The Kier molecular flexibility index (Phi) is 2.67. The number of amidine groups is 1. The molecule has 0 aromatic carbocycles. The molecule has 5 heteroatoms. The fourth-order valence-electron chi connectivity index (χ4n) is 0.653. The van der Waals surface area contributed by atoms with Gasteiger partial charge in [0.2, 0.25) is 0 Å². The Labute approximate surface area is 73.9 Å². The van der Waals surface area contributed by atoms with E-state index in [1.54, 1.807) is 6.92 Å². The summed E-state index contributed by atoms with van der Waals surface area (Å²) >= 11 is 6.98. The van der Waals surface area contributed by atoms with Gasteiger partial charge in [0.1, 0.15) is 0 Å². The van der Waals surface area contributed by atoms with Gasteiger partial charge in [-0.1, -0.05) is 11.8 Å². The van der Waals surface area contributed by atoms with Gasteiger partial charge in [0.15, 0.2) is 10.5 Å². The summed E-state index contributed by atoms with van der Waals surface area (Å²) in [6, 6.07) is 0. The Balaban J connectivity index is 2.91. The van der Waals surface area contributed by atoms with E-state index in [0.717, 1.165) is 0 Å². The van der Waals surface area contributed by atoms with Gasteiger partial charge in [-0.05, 0) is 13.2 Å². The first-order valence-corrected chi connectivity index (χ1v) is 4.67.